The van der Waals surface area contributed by atoms with Crippen molar-refractivity contribution in [2.24, 2.45) is 15.3 Å². The van der Waals surface area contributed by atoms with Crippen LogP contribution in [0.15, 0.2) is 39.6 Å². The Morgan fingerprint density at radius 3 is 2.50 bits per heavy atom. The molecule has 0 aliphatic rings. The first-order chi connectivity index (χ1) is 10.6. The van der Waals surface area contributed by atoms with Crippen LogP contribution in [-0.2, 0) is 21.0 Å². The smallest absolute Gasteiger partial charge is 0.254 e. The zero-order valence-corrected chi connectivity index (χ0v) is 13.0. The summed E-state index contributed by atoms with van der Waals surface area (Å²) in [4.78, 5) is 13.7. The quantitative estimate of drug-likeness (QED) is 0.349. The summed E-state index contributed by atoms with van der Waals surface area (Å²) in [6, 6.07) is 7.37. The van der Waals surface area contributed by atoms with Crippen molar-refractivity contribution in [3.63, 3.8) is 0 Å². The highest BCUT2D eigenvalue weighted by atomic mass is 16.6. The topological polar surface area (TPSA) is 88.6 Å². The average Bonchev–Trinajstić information content (AvgIpc) is 2.51. The van der Waals surface area contributed by atoms with Crippen molar-refractivity contribution < 1.29 is 14.4 Å². The van der Waals surface area contributed by atoms with Crippen molar-refractivity contribution in [1.29, 1.82) is 5.26 Å². The summed E-state index contributed by atoms with van der Waals surface area (Å²) in [6.45, 7) is 3.92. The third-order valence-electron chi connectivity index (χ3n) is 2.47. The van der Waals surface area contributed by atoms with Crippen LogP contribution in [0.3, 0.4) is 0 Å². The van der Waals surface area contributed by atoms with Gasteiger partial charge in [-0.05, 0) is 13.8 Å². The number of oxime groups is 2. The van der Waals surface area contributed by atoms with Gasteiger partial charge in [0.25, 0.3) is 5.90 Å². The van der Waals surface area contributed by atoms with E-state index in [1.807, 2.05) is 38.1 Å². The molecule has 22 heavy (non-hydrogen) atoms. The third-order valence-corrected chi connectivity index (χ3v) is 2.47. The summed E-state index contributed by atoms with van der Waals surface area (Å²) in [5.41, 5.74) is 2.62. The second kappa shape index (κ2) is 9.13. The van der Waals surface area contributed by atoms with Crippen molar-refractivity contribution in [3.8, 4) is 6.19 Å². The van der Waals surface area contributed by atoms with Crippen LogP contribution in [0.4, 0.5) is 0 Å². The molecule has 1 rings (SSSR count). The molecule has 0 saturated heterocycles. The molecule has 0 bridgehead atoms. The van der Waals surface area contributed by atoms with E-state index in [0.29, 0.717) is 11.3 Å². The molecule has 0 unspecified atom stereocenters. The second-order valence-electron chi connectivity index (χ2n) is 4.31. The van der Waals surface area contributed by atoms with E-state index < -0.39 is 0 Å². The van der Waals surface area contributed by atoms with Crippen LogP contribution in [0.2, 0.25) is 0 Å². The van der Waals surface area contributed by atoms with E-state index in [1.165, 1.54) is 14.2 Å². The highest BCUT2D eigenvalue weighted by Gasteiger charge is 2.17. The lowest BCUT2D eigenvalue weighted by molar-refractivity contribution is 0.130. The minimum Gasteiger partial charge on any atom is -0.479 e. The number of benzene rings is 1. The Hall–Kier alpha value is -2.88. The van der Waals surface area contributed by atoms with Crippen molar-refractivity contribution in [3.05, 3.63) is 35.4 Å². The van der Waals surface area contributed by atoms with Crippen LogP contribution < -0.4 is 0 Å². The largest absolute Gasteiger partial charge is 0.479 e. The maximum absolute atomic E-state index is 8.75. The standard InChI is InChI=1S/C15H18N4O3/c1-11(2)18-22-9-12-7-5-6-8-13(12)14(19-21-4)15(20-3)17-10-16/h5-8H,9H2,1-4H3/b17-15?,19-14-. The number of methoxy groups -OCH3 is 1. The maximum atomic E-state index is 8.75. The molecule has 0 radical (unpaired) electrons. The van der Waals surface area contributed by atoms with E-state index in [-0.39, 0.29) is 12.5 Å². The third kappa shape index (κ3) is 4.90. The van der Waals surface area contributed by atoms with E-state index in [9.17, 15) is 0 Å². The summed E-state index contributed by atoms with van der Waals surface area (Å²) in [5, 5.41) is 16.6. The fourth-order valence-corrected chi connectivity index (χ4v) is 1.64. The Morgan fingerprint density at radius 1 is 1.18 bits per heavy atom. The summed E-state index contributed by atoms with van der Waals surface area (Å²) in [7, 11) is 2.81. The molecule has 0 heterocycles. The lowest BCUT2D eigenvalue weighted by Gasteiger charge is -2.11. The van der Waals surface area contributed by atoms with Gasteiger partial charge in [-0.1, -0.05) is 34.6 Å². The van der Waals surface area contributed by atoms with Gasteiger partial charge in [-0.25, -0.2) is 0 Å². The van der Waals surface area contributed by atoms with Gasteiger partial charge >= 0.3 is 0 Å². The molecule has 7 heteroatoms. The number of nitrogens with zero attached hydrogens (tertiary/aromatic N) is 4. The van der Waals surface area contributed by atoms with Gasteiger partial charge in [0.1, 0.15) is 13.7 Å². The lowest BCUT2D eigenvalue weighted by Crippen LogP contribution is -2.20. The minimum absolute atomic E-state index is 0.0620. The molecule has 0 fully saturated rings. The van der Waals surface area contributed by atoms with Crippen molar-refractivity contribution >= 4 is 17.3 Å². The molecule has 7 nitrogen and oxygen atoms in total. The number of aliphatic imine (C=N–C) groups is 1. The fourth-order valence-electron chi connectivity index (χ4n) is 1.64. The van der Waals surface area contributed by atoms with E-state index in [1.54, 1.807) is 6.19 Å². The molecule has 0 amide bonds. The van der Waals surface area contributed by atoms with E-state index in [2.05, 4.69) is 15.3 Å². The Balaban J connectivity index is 3.21. The highest BCUT2D eigenvalue weighted by molar-refractivity contribution is 6.45. The molecule has 1 aromatic carbocycles. The first-order valence-electron chi connectivity index (χ1n) is 6.47. The molecular formula is C15H18N4O3. The van der Waals surface area contributed by atoms with Gasteiger partial charge in [0.2, 0.25) is 6.19 Å². The highest BCUT2D eigenvalue weighted by Crippen LogP contribution is 2.14. The van der Waals surface area contributed by atoms with Gasteiger partial charge in [0, 0.05) is 11.1 Å². The molecule has 1 aromatic rings. The van der Waals surface area contributed by atoms with Gasteiger partial charge in [0.15, 0.2) is 5.71 Å². The van der Waals surface area contributed by atoms with E-state index in [4.69, 9.17) is 19.7 Å². The molecule has 0 aliphatic heterocycles. The van der Waals surface area contributed by atoms with Crippen LogP contribution >= 0.6 is 0 Å². The molecule has 0 aromatic heterocycles. The molecule has 0 saturated carbocycles. The van der Waals surface area contributed by atoms with Crippen LogP contribution in [-0.4, -0.2) is 31.5 Å². The van der Waals surface area contributed by atoms with Crippen molar-refractivity contribution in [1.82, 2.24) is 0 Å². The molecule has 0 aliphatic carbocycles. The zero-order chi connectivity index (χ0) is 16.4. The van der Waals surface area contributed by atoms with Gasteiger partial charge in [-0.3, -0.25) is 0 Å². The van der Waals surface area contributed by atoms with Crippen LogP contribution in [0.5, 0.6) is 0 Å². The predicted octanol–water partition coefficient (Wildman–Crippen LogP) is 2.48. The van der Waals surface area contributed by atoms with E-state index >= 15 is 0 Å². The fraction of sp³-hybridized carbons (Fsp3) is 0.333. The molecule has 116 valence electrons. The first-order valence-corrected chi connectivity index (χ1v) is 6.47. The maximum Gasteiger partial charge on any atom is 0.254 e. The first kappa shape index (κ1) is 17.2. The SMILES string of the molecule is CO/N=C(\C(=NC#N)OC)c1ccccc1CON=C(C)C. The second-order valence-corrected chi connectivity index (χ2v) is 4.31. The average molecular weight is 302 g/mol. The minimum atomic E-state index is 0.0620. The van der Waals surface area contributed by atoms with Crippen LogP contribution in [0.25, 0.3) is 0 Å². The van der Waals surface area contributed by atoms with Gasteiger partial charge in [0.05, 0.1) is 12.8 Å². The molecule has 0 spiro atoms. The summed E-state index contributed by atoms with van der Waals surface area (Å²) >= 11 is 0. The number of rotatable bonds is 6. The Bertz CT molecular complexity index is 626. The van der Waals surface area contributed by atoms with Gasteiger partial charge < -0.3 is 14.4 Å². The van der Waals surface area contributed by atoms with Crippen LogP contribution in [0, 0.1) is 11.5 Å². The number of hydrogen-bond acceptors (Lipinski definition) is 7. The number of hydrogen-bond donors (Lipinski definition) is 0. The summed E-state index contributed by atoms with van der Waals surface area (Å²) < 4.78 is 5.11. The Kier molecular flexibility index (Phi) is 7.13. The Labute approximate surface area is 129 Å². The Morgan fingerprint density at radius 2 is 1.91 bits per heavy atom. The van der Waals surface area contributed by atoms with Crippen molar-refractivity contribution in [2.75, 3.05) is 14.2 Å². The molecule has 0 atom stereocenters. The number of ether oxygens (including phenoxy) is 1. The zero-order valence-electron chi connectivity index (χ0n) is 13.0. The summed E-state index contributed by atoms with van der Waals surface area (Å²) in [6.07, 6.45) is 1.68. The normalized spacial score (nSPS) is 11.4. The summed E-state index contributed by atoms with van der Waals surface area (Å²) in [5.74, 6) is 0.0620. The molecular weight excluding hydrogens is 284 g/mol. The van der Waals surface area contributed by atoms with Gasteiger partial charge in [-0.15, -0.1) is 4.99 Å². The van der Waals surface area contributed by atoms with Gasteiger partial charge in [-0.2, -0.15) is 5.26 Å². The van der Waals surface area contributed by atoms with Crippen molar-refractivity contribution in [2.45, 2.75) is 20.5 Å². The van der Waals surface area contributed by atoms with Crippen LogP contribution in [0.1, 0.15) is 25.0 Å². The predicted molar refractivity (Wildman–Crippen MR) is 83.6 cm³/mol. The molecule has 0 N–H and O–H groups in total. The monoisotopic (exact) mass is 302 g/mol. The lowest BCUT2D eigenvalue weighted by atomic mass is 10.0. The van der Waals surface area contributed by atoms with E-state index in [0.717, 1.165) is 11.3 Å². The number of nitriles is 1.